The molecule has 3 aromatic heterocycles. The van der Waals surface area contributed by atoms with Gasteiger partial charge in [-0.15, -0.1) is 0 Å². The summed E-state index contributed by atoms with van der Waals surface area (Å²) >= 11 is 0. The first-order valence-corrected chi connectivity index (χ1v) is 13.8. The highest BCUT2D eigenvalue weighted by atomic mass is 15.2. The van der Waals surface area contributed by atoms with Crippen molar-refractivity contribution in [2.75, 3.05) is 0 Å². The molecule has 40 heavy (non-hydrogen) atoms. The Labute approximate surface area is 233 Å². The van der Waals surface area contributed by atoms with Crippen molar-refractivity contribution in [1.29, 1.82) is 0 Å². The molecule has 3 heteroatoms. The summed E-state index contributed by atoms with van der Waals surface area (Å²) in [7, 11) is 0. The molecule has 0 radical (unpaired) electrons. The van der Waals surface area contributed by atoms with E-state index in [2.05, 4.69) is 128 Å². The second-order valence-corrected chi connectivity index (χ2v) is 11.1. The zero-order valence-corrected chi connectivity index (χ0v) is 22.5. The molecule has 0 saturated carbocycles. The van der Waals surface area contributed by atoms with E-state index < -0.39 is 0 Å². The van der Waals surface area contributed by atoms with Gasteiger partial charge in [-0.1, -0.05) is 111 Å². The van der Waals surface area contributed by atoms with Gasteiger partial charge in [0.2, 0.25) is 0 Å². The van der Waals surface area contributed by atoms with Crippen LogP contribution in [0.1, 0.15) is 25.0 Å². The molecule has 0 saturated heterocycles. The van der Waals surface area contributed by atoms with Gasteiger partial charge in [0.25, 0.3) is 0 Å². The molecule has 8 rings (SSSR count). The Hall–Kier alpha value is -5.02. The third-order valence-corrected chi connectivity index (χ3v) is 8.47. The van der Waals surface area contributed by atoms with Crippen molar-refractivity contribution >= 4 is 16.3 Å². The third-order valence-electron chi connectivity index (χ3n) is 8.47. The van der Waals surface area contributed by atoms with Gasteiger partial charge in [0.15, 0.2) is 0 Å². The molecular weight excluding hydrogens is 486 g/mol. The molecule has 4 aromatic carbocycles. The van der Waals surface area contributed by atoms with Crippen LogP contribution in [0.25, 0.3) is 61.2 Å². The number of benzene rings is 4. The van der Waals surface area contributed by atoms with Crippen molar-refractivity contribution in [2.24, 2.45) is 0 Å². The van der Waals surface area contributed by atoms with E-state index in [4.69, 9.17) is 10.1 Å². The smallest absolute Gasteiger partial charge is 0.101 e. The van der Waals surface area contributed by atoms with Crippen molar-refractivity contribution in [2.45, 2.75) is 19.3 Å². The van der Waals surface area contributed by atoms with Crippen molar-refractivity contribution in [3.8, 4) is 44.9 Å². The third kappa shape index (κ3) is 3.24. The number of hydrogen-bond acceptors (Lipinski definition) is 2. The van der Waals surface area contributed by atoms with Crippen LogP contribution in [-0.2, 0) is 5.41 Å². The first-order chi connectivity index (χ1) is 19.6. The topological polar surface area (TPSA) is 30.2 Å². The van der Waals surface area contributed by atoms with Crippen molar-refractivity contribution in [3.05, 3.63) is 139 Å². The molecule has 7 aromatic rings. The van der Waals surface area contributed by atoms with Crippen LogP contribution in [0.2, 0.25) is 0 Å². The Kier molecular flexibility index (Phi) is 4.86. The molecule has 0 bridgehead atoms. The van der Waals surface area contributed by atoms with E-state index >= 15 is 0 Å². The maximum Gasteiger partial charge on any atom is 0.101 e. The van der Waals surface area contributed by atoms with Gasteiger partial charge in [-0.25, -0.2) is 4.52 Å². The lowest BCUT2D eigenvalue weighted by Crippen LogP contribution is -2.14. The molecule has 0 N–H and O–H groups in total. The first kappa shape index (κ1) is 22.9. The number of nitrogens with zero attached hydrogens (tertiary/aromatic N) is 3. The second-order valence-electron chi connectivity index (χ2n) is 11.1. The number of hydrogen-bond donors (Lipinski definition) is 0. The van der Waals surface area contributed by atoms with Crippen LogP contribution in [0.4, 0.5) is 0 Å². The first-order valence-electron chi connectivity index (χ1n) is 13.8. The second kappa shape index (κ2) is 8.49. The van der Waals surface area contributed by atoms with E-state index in [1.165, 1.54) is 33.0 Å². The Morgan fingerprint density at radius 2 is 1.38 bits per heavy atom. The Morgan fingerprint density at radius 3 is 2.23 bits per heavy atom. The average Bonchev–Trinajstić information content (AvgIpc) is 3.52. The minimum atomic E-state index is -0.0337. The van der Waals surface area contributed by atoms with Gasteiger partial charge in [0.05, 0.1) is 16.9 Å². The Morgan fingerprint density at radius 1 is 0.625 bits per heavy atom. The fourth-order valence-electron chi connectivity index (χ4n) is 6.53. The monoisotopic (exact) mass is 513 g/mol. The number of rotatable bonds is 3. The van der Waals surface area contributed by atoms with E-state index in [1.54, 1.807) is 0 Å². The number of pyridine rings is 2. The van der Waals surface area contributed by atoms with E-state index in [1.807, 2.05) is 18.3 Å². The molecule has 0 fully saturated rings. The van der Waals surface area contributed by atoms with E-state index in [9.17, 15) is 0 Å². The van der Waals surface area contributed by atoms with Gasteiger partial charge in [-0.3, -0.25) is 4.98 Å². The van der Waals surface area contributed by atoms with E-state index in [-0.39, 0.29) is 5.41 Å². The summed E-state index contributed by atoms with van der Waals surface area (Å²) in [6.07, 6.45) is 1.85. The van der Waals surface area contributed by atoms with Crippen molar-refractivity contribution in [3.63, 3.8) is 0 Å². The van der Waals surface area contributed by atoms with Gasteiger partial charge >= 0.3 is 0 Å². The lowest BCUT2D eigenvalue weighted by atomic mass is 9.82. The Bertz CT molecular complexity index is 2070. The van der Waals surface area contributed by atoms with Crippen LogP contribution in [-0.4, -0.2) is 14.6 Å². The zero-order chi connectivity index (χ0) is 26.8. The molecule has 0 spiro atoms. The summed E-state index contributed by atoms with van der Waals surface area (Å²) in [5, 5.41) is 7.72. The van der Waals surface area contributed by atoms with Crippen LogP contribution in [0.5, 0.6) is 0 Å². The number of fused-ring (bicyclic) bond motifs is 6. The predicted octanol–water partition coefficient (Wildman–Crippen LogP) is 9.19. The highest BCUT2D eigenvalue weighted by Gasteiger charge is 2.35. The largest absolute Gasteiger partial charge is 0.255 e. The lowest BCUT2D eigenvalue weighted by molar-refractivity contribution is 0.660. The van der Waals surface area contributed by atoms with Gasteiger partial charge in [-0.05, 0) is 57.5 Å². The van der Waals surface area contributed by atoms with Gasteiger partial charge in [0, 0.05) is 28.1 Å². The quantitative estimate of drug-likeness (QED) is 0.236. The zero-order valence-electron chi connectivity index (χ0n) is 22.5. The SMILES string of the molecule is CC1(C)c2ccccc2-c2cc(-c3nn4c(-c5ccccn5)cc5ccccc5c4c3-c3ccccc3)ccc21. The summed E-state index contributed by atoms with van der Waals surface area (Å²) < 4.78 is 2.10. The predicted molar refractivity (Wildman–Crippen MR) is 164 cm³/mol. The van der Waals surface area contributed by atoms with Crippen molar-refractivity contribution < 1.29 is 0 Å². The van der Waals surface area contributed by atoms with Gasteiger partial charge < -0.3 is 0 Å². The molecule has 190 valence electrons. The van der Waals surface area contributed by atoms with Crippen LogP contribution in [0.15, 0.2) is 128 Å². The molecule has 3 nitrogen and oxygen atoms in total. The van der Waals surface area contributed by atoms with Crippen LogP contribution in [0, 0.1) is 0 Å². The molecule has 1 aliphatic rings. The fourth-order valence-corrected chi connectivity index (χ4v) is 6.53. The van der Waals surface area contributed by atoms with Crippen LogP contribution >= 0.6 is 0 Å². The summed E-state index contributed by atoms with van der Waals surface area (Å²) in [5.74, 6) is 0. The number of aromatic nitrogens is 3. The molecule has 3 heterocycles. The fraction of sp³-hybridized carbons (Fsp3) is 0.0811. The summed E-state index contributed by atoms with van der Waals surface area (Å²) in [6.45, 7) is 4.64. The molecule has 0 atom stereocenters. The molecule has 0 aliphatic heterocycles. The van der Waals surface area contributed by atoms with Crippen molar-refractivity contribution in [1.82, 2.24) is 14.6 Å². The van der Waals surface area contributed by atoms with Crippen LogP contribution < -0.4 is 0 Å². The summed E-state index contributed by atoms with van der Waals surface area (Å²) in [6, 6.07) is 43.2. The Balaban J connectivity index is 1.49. The molecular formula is C37H27N3. The van der Waals surface area contributed by atoms with Gasteiger partial charge in [0.1, 0.15) is 5.69 Å². The lowest BCUT2D eigenvalue weighted by Gasteiger charge is -2.21. The summed E-state index contributed by atoms with van der Waals surface area (Å²) in [4.78, 5) is 4.72. The normalized spacial score (nSPS) is 13.4. The van der Waals surface area contributed by atoms with E-state index in [0.29, 0.717) is 0 Å². The van der Waals surface area contributed by atoms with Crippen LogP contribution in [0.3, 0.4) is 0 Å². The maximum atomic E-state index is 5.38. The average molecular weight is 514 g/mol. The summed E-state index contributed by atoms with van der Waals surface area (Å²) in [5.41, 5.74) is 12.7. The molecule has 0 unspecified atom stereocenters. The highest BCUT2D eigenvalue weighted by molar-refractivity contribution is 6.08. The molecule has 0 amide bonds. The van der Waals surface area contributed by atoms with E-state index in [0.717, 1.165) is 39.3 Å². The highest BCUT2D eigenvalue weighted by Crippen LogP contribution is 2.50. The van der Waals surface area contributed by atoms with Gasteiger partial charge in [-0.2, -0.15) is 5.10 Å². The standard InChI is InChI=1S/C37H27N3/c1-37(2)30-17-9-8-16-28(30)29-22-26(19-20-31(29)37)35-34(24-12-4-3-5-13-24)36-27-15-7-6-14-25(27)23-33(40(36)39-35)32-18-10-11-21-38-32/h3-23H,1-2H3. The minimum absolute atomic E-state index is 0.0337. The molecule has 1 aliphatic carbocycles. The maximum absolute atomic E-state index is 5.38. The minimum Gasteiger partial charge on any atom is -0.255 e.